The van der Waals surface area contributed by atoms with Crippen molar-refractivity contribution < 1.29 is 9.90 Å². The largest absolute Gasteiger partial charge is 0.396 e. The summed E-state index contributed by atoms with van der Waals surface area (Å²) in [5.41, 5.74) is 10.4. The Bertz CT molecular complexity index is 1860. The zero-order chi connectivity index (χ0) is 30.8. The molecule has 0 spiro atoms. The summed E-state index contributed by atoms with van der Waals surface area (Å²) in [7, 11) is 1.75. The lowest BCUT2D eigenvalue weighted by Crippen LogP contribution is -2.37. The van der Waals surface area contributed by atoms with Crippen LogP contribution in [0.1, 0.15) is 28.9 Å². The number of aliphatic hydroxyl groups excluding tert-OH is 1. The van der Waals surface area contributed by atoms with Crippen molar-refractivity contribution in [1.82, 2.24) is 24.3 Å². The highest BCUT2D eigenvalue weighted by atomic mass is 16.3. The average Bonchev–Trinajstić information content (AvgIpc) is 3.29. The van der Waals surface area contributed by atoms with Gasteiger partial charge < -0.3 is 21.1 Å². The molecule has 224 valence electrons. The summed E-state index contributed by atoms with van der Waals surface area (Å²) in [5.74, 6) is 0.877. The number of piperidine rings is 1. The van der Waals surface area contributed by atoms with E-state index >= 15 is 0 Å². The van der Waals surface area contributed by atoms with Gasteiger partial charge in [-0.05, 0) is 62.1 Å². The van der Waals surface area contributed by atoms with E-state index in [1.54, 1.807) is 55.3 Å². The number of pyridine rings is 1. The van der Waals surface area contributed by atoms with Gasteiger partial charge in [0.1, 0.15) is 22.9 Å². The summed E-state index contributed by atoms with van der Waals surface area (Å²) in [6.45, 7) is 3.58. The van der Waals surface area contributed by atoms with Gasteiger partial charge in [-0.1, -0.05) is 30.3 Å². The number of nitrogens with two attached hydrogens (primary N) is 1. The van der Waals surface area contributed by atoms with Crippen molar-refractivity contribution >= 4 is 23.2 Å². The molecule has 4 heterocycles. The number of nitrogen functional groups attached to an aromatic ring is 1. The van der Waals surface area contributed by atoms with Gasteiger partial charge in [0.25, 0.3) is 11.5 Å². The van der Waals surface area contributed by atoms with Crippen molar-refractivity contribution in [2.75, 3.05) is 35.6 Å². The lowest BCUT2D eigenvalue weighted by molar-refractivity contribution is 0.102. The molecule has 3 aromatic heterocycles. The number of anilines is 3. The molecule has 1 fully saturated rings. The Morgan fingerprint density at radius 3 is 2.59 bits per heavy atom. The van der Waals surface area contributed by atoms with E-state index in [2.05, 4.69) is 20.2 Å². The molecule has 5 aromatic rings. The molecule has 11 nitrogen and oxygen atoms in total. The van der Waals surface area contributed by atoms with E-state index in [-0.39, 0.29) is 23.9 Å². The van der Waals surface area contributed by atoms with E-state index in [1.807, 2.05) is 42.5 Å². The first-order valence-electron chi connectivity index (χ1n) is 14.5. The van der Waals surface area contributed by atoms with Crippen LogP contribution in [-0.2, 0) is 7.05 Å². The smallest absolute Gasteiger partial charge is 0.284 e. The number of hydrogen-bond acceptors (Lipinski definition) is 8. The Kier molecular flexibility index (Phi) is 7.95. The lowest BCUT2D eigenvalue weighted by atomic mass is 9.99. The Labute approximate surface area is 254 Å². The summed E-state index contributed by atoms with van der Waals surface area (Å²) in [4.78, 5) is 42.5. The second-order valence-electron chi connectivity index (χ2n) is 11.0. The van der Waals surface area contributed by atoms with Crippen molar-refractivity contribution in [2.45, 2.75) is 19.8 Å². The highest BCUT2D eigenvalue weighted by Crippen LogP contribution is 2.29. The van der Waals surface area contributed by atoms with Gasteiger partial charge in [-0.3, -0.25) is 14.3 Å². The Morgan fingerprint density at radius 2 is 1.84 bits per heavy atom. The first-order chi connectivity index (χ1) is 21.3. The molecule has 1 aliphatic rings. The fraction of sp³-hybridized carbons (Fsp3) is 0.242. The van der Waals surface area contributed by atoms with Crippen LogP contribution in [0, 0.1) is 12.8 Å². The molecule has 0 saturated carbocycles. The lowest BCUT2D eigenvalue weighted by Gasteiger charge is -2.32. The van der Waals surface area contributed by atoms with Gasteiger partial charge in [0, 0.05) is 49.8 Å². The molecular formula is C33H34N8O3. The van der Waals surface area contributed by atoms with Crippen molar-refractivity contribution in [3.63, 3.8) is 0 Å². The van der Waals surface area contributed by atoms with Crippen LogP contribution in [0.4, 0.5) is 17.3 Å². The maximum Gasteiger partial charge on any atom is 0.284 e. The molecule has 0 bridgehead atoms. The van der Waals surface area contributed by atoms with E-state index in [9.17, 15) is 14.7 Å². The number of hydrogen-bond donors (Lipinski definition) is 3. The van der Waals surface area contributed by atoms with E-state index in [0.717, 1.165) is 42.9 Å². The van der Waals surface area contributed by atoms with Gasteiger partial charge >= 0.3 is 0 Å². The minimum atomic E-state index is -0.487. The number of para-hydroxylation sites is 1. The van der Waals surface area contributed by atoms with E-state index in [0.29, 0.717) is 28.5 Å². The molecule has 0 radical (unpaired) electrons. The number of carbonyl (C=O) groups excluding carboxylic acids is 1. The molecule has 1 unspecified atom stereocenters. The predicted molar refractivity (Wildman–Crippen MR) is 171 cm³/mol. The highest BCUT2D eigenvalue weighted by Gasteiger charge is 2.23. The van der Waals surface area contributed by atoms with Gasteiger partial charge in [-0.15, -0.1) is 0 Å². The van der Waals surface area contributed by atoms with Gasteiger partial charge in [0.2, 0.25) is 0 Å². The summed E-state index contributed by atoms with van der Waals surface area (Å²) >= 11 is 0. The number of benzene rings is 2. The third kappa shape index (κ3) is 5.57. The number of nitrogens with one attached hydrogen (secondary N) is 1. The number of carbonyl (C=O) groups is 1. The molecular weight excluding hydrogens is 556 g/mol. The molecule has 1 aliphatic heterocycles. The standard InChI is InChI=1S/C33H34N8O3/c1-21-29(33(44)41(39(21)2)26-8-4-3-5-9-26)32(43)37-25-12-10-23(11-13-25)30-31(34)36-18-27(38-30)24-14-15-35-28(17-24)40-16-6-7-22(19-40)20-42/h3-5,8-15,17-18,22,42H,6-7,16,19-20H2,1-2H3,(H2,34,36)(H,37,43). The molecule has 0 aliphatic carbocycles. The minimum Gasteiger partial charge on any atom is -0.396 e. The van der Waals surface area contributed by atoms with Crippen LogP contribution in [0.25, 0.3) is 28.2 Å². The van der Waals surface area contributed by atoms with Crippen molar-refractivity contribution in [3.05, 3.63) is 101 Å². The molecule has 4 N–H and O–H groups in total. The molecule has 44 heavy (non-hydrogen) atoms. The number of nitrogens with zero attached hydrogens (tertiary/aromatic N) is 6. The van der Waals surface area contributed by atoms with Crippen LogP contribution in [0.5, 0.6) is 0 Å². The fourth-order valence-electron chi connectivity index (χ4n) is 5.66. The molecule has 6 rings (SSSR count). The summed E-state index contributed by atoms with van der Waals surface area (Å²) in [6.07, 6.45) is 5.42. The second kappa shape index (κ2) is 12.1. The Hall–Kier alpha value is -5.29. The summed E-state index contributed by atoms with van der Waals surface area (Å²) in [6, 6.07) is 20.2. The zero-order valence-electron chi connectivity index (χ0n) is 24.6. The van der Waals surface area contributed by atoms with Gasteiger partial charge in [0.15, 0.2) is 0 Å². The number of aliphatic hydroxyl groups is 1. The van der Waals surface area contributed by atoms with Crippen molar-refractivity contribution in [1.29, 1.82) is 0 Å². The van der Waals surface area contributed by atoms with Crippen molar-refractivity contribution in [2.24, 2.45) is 13.0 Å². The van der Waals surface area contributed by atoms with Crippen LogP contribution >= 0.6 is 0 Å². The van der Waals surface area contributed by atoms with Gasteiger partial charge in [-0.2, -0.15) is 0 Å². The second-order valence-corrected chi connectivity index (χ2v) is 11.0. The first-order valence-corrected chi connectivity index (χ1v) is 14.5. The van der Waals surface area contributed by atoms with Crippen LogP contribution in [0.15, 0.2) is 83.9 Å². The van der Waals surface area contributed by atoms with Crippen LogP contribution in [0.3, 0.4) is 0 Å². The predicted octanol–water partition coefficient (Wildman–Crippen LogP) is 4.05. The van der Waals surface area contributed by atoms with Gasteiger partial charge in [0.05, 0.1) is 23.3 Å². The molecule has 1 saturated heterocycles. The SMILES string of the molecule is Cc1c(C(=O)Nc2ccc(-c3nc(-c4ccnc(N5CCCC(CO)C5)c4)cnc3N)cc2)c(=O)n(-c2ccccc2)n1C. The Morgan fingerprint density at radius 1 is 1.07 bits per heavy atom. The normalized spacial score (nSPS) is 14.9. The Balaban J connectivity index is 1.22. The fourth-order valence-corrected chi connectivity index (χ4v) is 5.66. The van der Waals surface area contributed by atoms with E-state index in [4.69, 9.17) is 10.7 Å². The average molecular weight is 591 g/mol. The quantitative estimate of drug-likeness (QED) is 0.258. The topological polar surface area (TPSA) is 144 Å². The van der Waals surface area contributed by atoms with Crippen LogP contribution < -0.4 is 21.5 Å². The molecule has 1 atom stereocenters. The summed E-state index contributed by atoms with van der Waals surface area (Å²) < 4.78 is 3.15. The van der Waals surface area contributed by atoms with Crippen LogP contribution in [-0.4, -0.2) is 55.0 Å². The molecule has 1 amide bonds. The number of rotatable bonds is 7. The summed E-state index contributed by atoms with van der Waals surface area (Å²) in [5, 5.41) is 12.5. The van der Waals surface area contributed by atoms with Crippen LogP contribution in [0.2, 0.25) is 0 Å². The maximum atomic E-state index is 13.2. The highest BCUT2D eigenvalue weighted by molar-refractivity contribution is 6.05. The molecule has 2 aromatic carbocycles. The van der Waals surface area contributed by atoms with Crippen molar-refractivity contribution in [3.8, 4) is 28.2 Å². The monoisotopic (exact) mass is 590 g/mol. The minimum absolute atomic E-state index is 0.0800. The van der Waals surface area contributed by atoms with Gasteiger partial charge in [-0.25, -0.2) is 19.6 Å². The van der Waals surface area contributed by atoms with E-state index < -0.39 is 11.5 Å². The zero-order valence-corrected chi connectivity index (χ0v) is 24.6. The number of amides is 1. The third-order valence-corrected chi connectivity index (χ3v) is 8.14. The third-order valence-electron chi connectivity index (χ3n) is 8.14. The number of aromatic nitrogens is 5. The first kappa shape index (κ1) is 28.8. The van der Waals surface area contributed by atoms with E-state index in [1.165, 1.54) is 4.68 Å². The molecule has 11 heteroatoms. The maximum absolute atomic E-state index is 13.2.